The molecule has 3 nitrogen and oxygen atoms in total. The van der Waals surface area contributed by atoms with E-state index in [1.54, 1.807) is 0 Å². The number of nitrogens with zero attached hydrogens (tertiary/aromatic N) is 2. The predicted molar refractivity (Wildman–Crippen MR) is 77.9 cm³/mol. The SMILES string of the molecule is CCCC(CCc1ccn(C(CC)CC)n1)NC. The second-order valence-corrected chi connectivity index (χ2v) is 5.07. The highest BCUT2D eigenvalue weighted by Crippen LogP contribution is 2.15. The van der Waals surface area contributed by atoms with E-state index in [0.717, 1.165) is 19.3 Å². The molecule has 0 fully saturated rings. The summed E-state index contributed by atoms with van der Waals surface area (Å²) in [5, 5.41) is 8.10. The van der Waals surface area contributed by atoms with Gasteiger partial charge in [-0.05, 0) is 45.2 Å². The first-order chi connectivity index (χ1) is 8.74. The highest BCUT2D eigenvalue weighted by molar-refractivity contribution is 5.00. The summed E-state index contributed by atoms with van der Waals surface area (Å²) in [6, 6.07) is 3.37. The summed E-state index contributed by atoms with van der Waals surface area (Å²) in [5.74, 6) is 0. The van der Waals surface area contributed by atoms with Gasteiger partial charge < -0.3 is 5.32 Å². The summed E-state index contributed by atoms with van der Waals surface area (Å²) < 4.78 is 2.14. The summed E-state index contributed by atoms with van der Waals surface area (Å²) >= 11 is 0. The Balaban J connectivity index is 2.48. The quantitative estimate of drug-likeness (QED) is 0.727. The molecule has 1 N–H and O–H groups in total. The second-order valence-electron chi connectivity index (χ2n) is 5.07. The van der Waals surface area contributed by atoms with Crippen LogP contribution in [0.4, 0.5) is 0 Å². The summed E-state index contributed by atoms with van der Waals surface area (Å²) in [6.07, 6.45) is 9.22. The predicted octanol–water partition coefficient (Wildman–Crippen LogP) is 3.56. The van der Waals surface area contributed by atoms with Crippen molar-refractivity contribution in [2.24, 2.45) is 0 Å². The van der Waals surface area contributed by atoms with Crippen LogP contribution in [0.2, 0.25) is 0 Å². The third-order valence-corrected chi connectivity index (χ3v) is 3.77. The zero-order valence-corrected chi connectivity index (χ0v) is 12.4. The van der Waals surface area contributed by atoms with Crippen molar-refractivity contribution in [2.75, 3.05) is 7.05 Å². The fraction of sp³-hybridized carbons (Fsp3) is 0.800. The van der Waals surface area contributed by atoms with E-state index in [4.69, 9.17) is 5.10 Å². The van der Waals surface area contributed by atoms with Gasteiger partial charge in [-0.1, -0.05) is 27.2 Å². The van der Waals surface area contributed by atoms with Crippen molar-refractivity contribution in [1.82, 2.24) is 15.1 Å². The number of nitrogens with one attached hydrogen (secondary N) is 1. The van der Waals surface area contributed by atoms with Crippen molar-refractivity contribution >= 4 is 0 Å². The van der Waals surface area contributed by atoms with E-state index in [0.29, 0.717) is 12.1 Å². The molecule has 0 aliphatic rings. The van der Waals surface area contributed by atoms with Crippen LogP contribution in [0.5, 0.6) is 0 Å². The van der Waals surface area contributed by atoms with Crippen molar-refractivity contribution in [1.29, 1.82) is 0 Å². The molecule has 0 aromatic carbocycles. The van der Waals surface area contributed by atoms with E-state index in [1.807, 2.05) is 0 Å². The van der Waals surface area contributed by atoms with Gasteiger partial charge in [-0.25, -0.2) is 0 Å². The van der Waals surface area contributed by atoms with Gasteiger partial charge in [0.05, 0.1) is 11.7 Å². The van der Waals surface area contributed by atoms with Crippen LogP contribution in [-0.4, -0.2) is 22.9 Å². The third kappa shape index (κ3) is 4.45. The average Bonchev–Trinajstić information content (AvgIpc) is 2.85. The van der Waals surface area contributed by atoms with Crippen LogP contribution < -0.4 is 5.32 Å². The van der Waals surface area contributed by atoms with Crippen LogP contribution in [0, 0.1) is 0 Å². The highest BCUT2D eigenvalue weighted by atomic mass is 15.3. The van der Waals surface area contributed by atoms with Crippen LogP contribution in [-0.2, 0) is 6.42 Å². The lowest BCUT2D eigenvalue weighted by Gasteiger charge is -2.14. The largest absolute Gasteiger partial charge is 0.317 e. The van der Waals surface area contributed by atoms with Crippen LogP contribution in [0.25, 0.3) is 0 Å². The monoisotopic (exact) mass is 251 g/mol. The van der Waals surface area contributed by atoms with Crippen LogP contribution in [0.15, 0.2) is 12.3 Å². The lowest BCUT2D eigenvalue weighted by atomic mass is 10.1. The Labute approximate surface area is 112 Å². The minimum atomic E-state index is 0.564. The Morgan fingerprint density at radius 1 is 1.22 bits per heavy atom. The van der Waals surface area contributed by atoms with E-state index in [1.165, 1.54) is 25.0 Å². The normalized spacial score (nSPS) is 13.2. The first-order valence-electron chi connectivity index (χ1n) is 7.46. The van der Waals surface area contributed by atoms with Crippen LogP contribution in [0.1, 0.15) is 64.6 Å². The minimum absolute atomic E-state index is 0.564. The van der Waals surface area contributed by atoms with Crippen molar-refractivity contribution in [3.63, 3.8) is 0 Å². The highest BCUT2D eigenvalue weighted by Gasteiger charge is 2.09. The van der Waals surface area contributed by atoms with Gasteiger partial charge in [0.15, 0.2) is 0 Å². The first-order valence-corrected chi connectivity index (χ1v) is 7.46. The molecule has 0 saturated carbocycles. The molecular formula is C15H29N3. The molecule has 0 amide bonds. The number of hydrogen-bond acceptors (Lipinski definition) is 2. The average molecular weight is 251 g/mol. The Kier molecular flexibility index (Phi) is 7.02. The number of hydrogen-bond donors (Lipinski definition) is 1. The molecule has 0 spiro atoms. The van der Waals surface area contributed by atoms with E-state index in [2.05, 4.69) is 50.1 Å². The molecule has 18 heavy (non-hydrogen) atoms. The van der Waals surface area contributed by atoms with Crippen molar-refractivity contribution in [2.45, 2.75) is 71.4 Å². The van der Waals surface area contributed by atoms with E-state index < -0.39 is 0 Å². The zero-order chi connectivity index (χ0) is 13.4. The molecular weight excluding hydrogens is 222 g/mol. The Hall–Kier alpha value is -0.830. The minimum Gasteiger partial charge on any atom is -0.317 e. The van der Waals surface area contributed by atoms with E-state index in [-0.39, 0.29) is 0 Å². The van der Waals surface area contributed by atoms with Crippen molar-refractivity contribution < 1.29 is 0 Å². The lowest BCUT2D eigenvalue weighted by molar-refractivity contribution is 0.422. The molecule has 1 rings (SSSR count). The third-order valence-electron chi connectivity index (χ3n) is 3.77. The van der Waals surface area contributed by atoms with Gasteiger partial charge in [-0.2, -0.15) is 5.10 Å². The molecule has 1 aromatic heterocycles. The summed E-state index contributed by atoms with van der Waals surface area (Å²) in [7, 11) is 2.06. The van der Waals surface area contributed by atoms with Gasteiger partial charge in [-0.3, -0.25) is 4.68 Å². The maximum Gasteiger partial charge on any atom is 0.0625 e. The molecule has 1 unspecified atom stereocenters. The molecule has 104 valence electrons. The number of aromatic nitrogens is 2. The molecule has 1 aromatic rings. The smallest absolute Gasteiger partial charge is 0.0625 e. The Morgan fingerprint density at radius 2 is 1.94 bits per heavy atom. The summed E-state index contributed by atoms with van der Waals surface area (Å²) in [6.45, 7) is 6.70. The van der Waals surface area contributed by atoms with Crippen molar-refractivity contribution in [3.8, 4) is 0 Å². The fourth-order valence-electron chi connectivity index (χ4n) is 2.48. The van der Waals surface area contributed by atoms with E-state index >= 15 is 0 Å². The first kappa shape index (κ1) is 15.2. The van der Waals surface area contributed by atoms with Gasteiger partial charge in [0, 0.05) is 12.2 Å². The molecule has 0 saturated heterocycles. The van der Waals surface area contributed by atoms with Crippen molar-refractivity contribution in [3.05, 3.63) is 18.0 Å². The van der Waals surface area contributed by atoms with Gasteiger partial charge in [0.25, 0.3) is 0 Å². The molecule has 0 aliphatic carbocycles. The molecule has 3 heteroatoms. The molecule has 0 aliphatic heterocycles. The Bertz CT molecular complexity index is 315. The van der Waals surface area contributed by atoms with Gasteiger partial charge in [-0.15, -0.1) is 0 Å². The molecule has 0 bridgehead atoms. The second kappa shape index (κ2) is 8.30. The number of aryl methyl sites for hydroxylation is 1. The van der Waals surface area contributed by atoms with Crippen LogP contribution >= 0.6 is 0 Å². The molecule has 1 heterocycles. The van der Waals surface area contributed by atoms with Gasteiger partial charge in [0.1, 0.15) is 0 Å². The fourth-order valence-corrected chi connectivity index (χ4v) is 2.48. The van der Waals surface area contributed by atoms with Crippen LogP contribution in [0.3, 0.4) is 0 Å². The Morgan fingerprint density at radius 3 is 2.50 bits per heavy atom. The lowest BCUT2D eigenvalue weighted by Crippen LogP contribution is -2.25. The topological polar surface area (TPSA) is 29.9 Å². The van der Waals surface area contributed by atoms with Gasteiger partial charge in [0.2, 0.25) is 0 Å². The summed E-state index contributed by atoms with van der Waals surface area (Å²) in [5.41, 5.74) is 1.23. The molecule has 1 atom stereocenters. The maximum absolute atomic E-state index is 4.71. The number of rotatable bonds is 9. The van der Waals surface area contributed by atoms with Gasteiger partial charge >= 0.3 is 0 Å². The summed E-state index contributed by atoms with van der Waals surface area (Å²) in [4.78, 5) is 0. The van der Waals surface area contributed by atoms with E-state index in [9.17, 15) is 0 Å². The molecule has 0 radical (unpaired) electrons. The standard InChI is InChI=1S/C15H29N3/c1-5-8-13(16-4)9-10-14-11-12-18(17-14)15(6-2)7-3/h11-13,15-16H,5-10H2,1-4H3. The zero-order valence-electron chi connectivity index (χ0n) is 12.4. The maximum atomic E-state index is 4.71.